The highest BCUT2D eigenvalue weighted by atomic mass is 16.5. The van der Waals surface area contributed by atoms with E-state index >= 15 is 0 Å². The second-order valence-electron chi connectivity index (χ2n) is 6.55. The Labute approximate surface area is 150 Å². The van der Waals surface area contributed by atoms with Crippen LogP contribution in [0.15, 0.2) is 65.2 Å². The highest BCUT2D eigenvalue weighted by molar-refractivity contribution is 5.94. The first-order valence-electron chi connectivity index (χ1n) is 8.69. The summed E-state index contributed by atoms with van der Waals surface area (Å²) >= 11 is 0. The third-order valence-corrected chi connectivity index (χ3v) is 4.96. The van der Waals surface area contributed by atoms with E-state index in [0.717, 1.165) is 23.2 Å². The Kier molecular flexibility index (Phi) is 3.38. The van der Waals surface area contributed by atoms with Gasteiger partial charge in [-0.05, 0) is 18.1 Å². The minimum atomic E-state index is -0.0970. The summed E-state index contributed by atoms with van der Waals surface area (Å²) in [6, 6.07) is 19.7. The lowest BCUT2D eigenvalue weighted by Gasteiger charge is -2.26. The van der Waals surface area contributed by atoms with Gasteiger partial charge in [-0.1, -0.05) is 53.7 Å². The van der Waals surface area contributed by atoms with Gasteiger partial charge in [-0.25, -0.2) is 0 Å². The molecule has 1 aliphatic heterocycles. The molecule has 128 valence electrons. The molecule has 1 aliphatic rings. The van der Waals surface area contributed by atoms with Crippen molar-refractivity contribution in [2.75, 3.05) is 6.54 Å². The molecule has 0 unspecified atom stereocenters. The van der Waals surface area contributed by atoms with Gasteiger partial charge in [0.25, 0.3) is 5.91 Å². The average Bonchev–Trinajstić information content (AvgIpc) is 3.32. The number of nitrogens with zero attached hydrogens (tertiary/aromatic N) is 2. The molecular formula is C21H17N3O2. The van der Waals surface area contributed by atoms with E-state index in [9.17, 15) is 4.79 Å². The molecule has 0 saturated carbocycles. The molecule has 2 aromatic heterocycles. The van der Waals surface area contributed by atoms with Crippen molar-refractivity contribution in [3.8, 4) is 11.3 Å². The van der Waals surface area contributed by atoms with Crippen molar-refractivity contribution in [1.29, 1.82) is 0 Å². The lowest BCUT2D eigenvalue weighted by atomic mass is 10.0. The number of fused-ring (bicyclic) bond motifs is 3. The second kappa shape index (κ2) is 5.88. The van der Waals surface area contributed by atoms with Gasteiger partial charge >= 0.3 is 0 Å². The minimum Gasteiger partial charge on any atom is -0.357 e. The first-order chi connectivity index (χ1) is 12.8. The normalized spacial score (nSPS) is 13.8. The third kappa shape index (κ3) is 2.40. The number of benzene rings is 2. The van der Waals surface area contributed by atoms with Crippen LogP contribution in [0.5, 0.6) is 0 Å². The Morgan fingerprint density at radius 1 is 1.08 bits per heavy atom. The molecule has 0 radical (unpaired) electrons. The molecule has 5 nitrogen and oxygen atoms in total. The van der Waals surface area contributed by atoms with E-state index in [2.05, 4.69) is 28.3 Å². The van der Waals surface area contributed by atoms with Crippen LogP contribution in [-0.4, -0.2) is 27.5 Å². The number of para-hydroxylation sites is 1. The van der Waals surface area contributed by atoms with Crippen LogP contribution >= 0.6 is 0 Å². The minimum absolute atomic E-state index is 0.0970. The topological polar surface area (TPSA) is 62.1 Å². The Morgan fingerprint density at radius 3 is 2.77 bits per heavy atom. The standard InChI is InChI=1S/C21H17N3O2/c25-21(18-12-20(26-23-18)14-6-2-1-3-7-14)24-11-10-16-15-8-4-5-9-17(15)22-19(16)13-24/h1-9,12,22H,10-11,13H2. The van der Waals surface area contributed by atoms with Crippen molar-refractivity contribution >= 4 is 16.8 Å². The molecule has 0 spiro atoms. The summed E-state index contributed by atoms with van der Waals surface area (Å²) in [5.41, 5.74) is 4.81. The molecule has 0 saturated heterocycles. The molecular weight excluding hydrogens is 326 g/mol. The van der Waals surface area contributed by atoms with Crippen LogP contribution < -0.4 is 0 Å². The molecule has 5 heteroatoms. The van der Waals surface area contributed by atoms with Crippen LogP contribution in [0.3, 0.4) is 0 Å². The maximum absolute atomic E-state index is 12.9. The van der Waals surface area contributed by atoms with Crippen molar-refractivity contribution in [2.24, 2.45) is 0 Å². The number of H-pyrrole nitrogens is 1. The summed E-state index contributed by atoms with van der Waals surface area (Å²) in [5, 5.41) is 5.24. The second-order valence-corrected chi connectivity index (χ2v) is 6.55. The van der Waals surface area contributed by atoms with E-state index in [0.29, 0.717) is 24.5 Å². The number of amides is 1. The molecule has 1 N–H and O–H groups in total. The van der Waals surface area contributed by atoms with Gasteiger partial charge in [0.15, 0.2) is 11.5 Å². The van der Waals surface area contributed by atoms with Gasteiger partial charge in [0.1, 0.15) is 0 Å². The number of aromatic amines is 1. The van der Waals surface area contributed by atoms with Crippen molar-refractivity contribution < 1.29 is 9.32 Å². The monoisotopic (exact) mass is 343 g/mol. The van der Waals surface area contributed by atoms with E-state index in [1.807, 2.05) is 41.3 Å². The molecule has 0 fully saturated rings. The fourth-order valence-electron chi connectivity index (χ4n) is 3.64. The fourth-order valence-corrected chi connectivity index (χ4v) is 3.64. The third-order valence-electron chi connectivity index (χ3n) is 4.96. The lowest BCUT2D eigenvalue weighted by molar-refractivity contribution is 0.0722. The smallest absolute Gasteiger partial charge is 0.276 e. The first kappa shape index (κ1) is 15.0. The van der Waals surface area contributed by atoms with E-state index in [1.54, 1.807) is 6.07 Å². The molecule has 0 aliphatic carbocycles. The summed E-state index contributed by atoms with van der Waals surface area (Å²) < 4.78 is 5.37. The van der Waals surface area contributed by atoms with Crippen molar-refractivity contribution in [3.05, 3.63) is 77.6 Å². The van der Waals surface area contributed by atoms with Crippen molar-refractivity contribution in [2.45, 2.75) is 13.0 Å². The number of carbonyl (C=O) groups excluding carboxylic acids is 1. The molecule has 4 aromatic rings. The van der Waals surface area contributed by atoms with Gasteiger partial charge in [0.05, 0.1) is 6.54 Å². The zero-order valence-corrected chi connectivity index (χ0v) is 14.1. The number of nitrogens with one attached hydrogen (secondary N) is 1. The van der Waals surface area contributed by atoms with Gasteiger partial charge in [-0.3, -0.25) is 4.79 Å². The maximum atomic E-state index is 12.9. The highest BCUT2D eigenvalue weighted by Crippen LogP contribution is 2.28. The predicted octanol–water partition coefficient (Wildman–Crippen LogP) is 4.02. The van der Waals surface area contributed by atoms with Crippen molar-refractivity contribution in [3.63, 3.8) is 0 Å². The summed E-state index contributed by atoms with van der Waals surface area (Å²) in [6.45, 7) is 1.25. The quantitative estimate of drug-likeness (QED) is 0.598. The summed E-state index contributed by atoms with van der Waals surface area (Å²) in [5.74, 6) is 0.512. The molecule has 26 heavy (non-hydrogen) atoms. The summed E-state index contributed by atoms with van der Waals surface area (Å²) in [6.07, 6.45) is 0.842. The molecule has 0 atom stereocenters. The van der Waals surface area contributed by atoms with E-state index in [4.69, 9.17) is 4.52 Å². The number of carbonyl (C=O) groups is 1. The SMILES string of the molecule is O=C(c1cc(-c2ccccc2)on1)N1CCc2c([nH]c3ccccc23)C1. The molecule has 3 heterocycles. The van der Waals surface area contributed by atoms with Crippen LogP contribution in [0.1, 0.15) is 21.7 Å². The highest BCUT2D eigenvalue weighted by Gasteiger charge is 2.26. The van der Waals surface area contributed by atoms with Crippen LogP contribution in [0.25, 0.3) is 22.2 Å². The Hall–Kier alpha value is -3.34. The Balaban J connectivity index is 1.41. The molecule has 5 rings (SSSR count). The number of hydrogen-bond donors (Lipinski definition) is 1. The van der Waals surface area contributed by atoms with E-state index < -0.39 is 0 Å². The zero-order valence-electron chi connectivity index (χ0n) is 14.1. The van der Waals surface area contributed by atoms with Gasteiger partial charge in [0, 0.05) is 34.8 Å². The lowest BCUT2D eigenvalue weighted by Crippen LogP contribution is -2.36. The fraction of sp³-hybridized carbons (Fsp3) is 0.143. The Morgan fingerprint density at radius 2 is 1.88 bits per heavy atom. The first-order valence-corrected chi connectivity index (χ1v) is 8.69. The van der Waals surface area contributed by atoms with Crippen LogP contribution in [0.4, 0.5) is 0 Å². The van der Waals surface area contributed by atoms with Gasteiger partial charge in [0.2, 0.25) is 0 Å². The number of rotatable bonds is 2. The molecule has 1 amide bonds. The zero-order chi connectivity index (χ0) is 17.5. The summed E-state index contributed by atoms with van der Waals surface area (Å²) in [4.78, 5) is 18.1. The van der Waals surface area contributed by atoms with Gasteiger partial charge in [-0.2, -0.15) is 0 Å². The van der Waals surface area contributed by atoms with Crippen molar-refractivity contribution in [1.82, 2.24) is 15.0 Å². The van der Waals surface area contributed by atoms with Crippen LogP contribution in [0.2, 0.25) is 0 Å². The molecule has 0 bridgehead atoms. The van der Waals surface area contributed by atoms with Gasteiger partial charge in [-0.15, -0.1) is 0 Å². The van der Waals surface area contributed by atoms with Crippen LogP contribution in [0, 0.1) is 0 Å². The molecule has 2 aromatic carbocycles. The number of aromatic nitrogens is 2. The Bertz CT molecular complexity index is 1090. The van der Waals surface area contributed by atoms with E-state index in [1.165, 1.54) is 10.9 Å². The predicted molar refractivity (Wildman–Crippen MR) is 98.7 cm³/mol. The van der Waals surface area contributed by atoms with E-state index in [-0.39, 0.29) is 5.91 Å². The summed E-state index contributed by atoms with van der Waals surface area (Å²) in [7, 11) is 0. The largest absolute Gasteiger partial charge is 0.357 e. The number of hydrogen-bond acceptors (Lipinski definition) is 3. The van der Waals surface area contributed by atoms with Gasteiger partial charge < -0.3 is 14.4 Å². The average molecular weight is 343 g/mol. The maximum Gasteiger partial charge on any atom is 0.276 e. The van der Waals surface area contributed by atoms with Crippen LogP contribution in [-0.2, 0) is 13.0 Å².